The lowest BCUT2D eigenvalue weighted by Gasteiger charge is -2.18. The number of amides is 2. The molecule has 0 fully saturated rings. The number of hydrogen-bond donors (Lipinski definition) is 3. The van der Waals surface area contributed by atoms with Crippen molar-refractivity contribution in [2.45, 2.75) is 25.3 Å². The van der Waals surface area contributed by atoms with Crippen LogP contribution in [0.15, 0.2) is 66.9 Å². The highest BCUT2D eigenvalue weighted by Gasteiger charge is 2.30. The van der Waals surface area contributed by atoms with Crippen molar-refractivity contribution in [3.63, 3.8) is 0 Å². The van der Waals surface area contributed by atoms with Crippen LogP contribution in [0.2, 0.25) is 0 Å². The highest BCUT2D eigenvalue weighted by Crippen LogP contribution is 2.44. The van der Waals surface area contributed by atoms with E-state index in [1.807, 2.05) is 55.5 Å². The molecule has 2 aromatic carbocycles. The molecule has 0 radical (unpaired) electrons. The van der Waals surface area contributed by atoms with Gasteiger partial charge in [-0.1, -0.05) is 54.6 Å². The summed E-state index contributed by atoms with van der Waals surface area (Å²) in [4.78, 5) is 40.4. The summed E-state index contributed by atoms with van der Waals surface area (Å²) in [6, 6.07) is 17.9. The fourth-order valence-electron chi connectivity index (χ4n) is 3.92. The van der Waals surface area contributed by atoms with E-state index in [0.29, 0.717) is 0 Å². The Morgan fingerprint density at radius 1 is 1.00 bits per heavy atom. The maximum atomic E-state index is 12.6. The van der Waals surface area contributed by atoms with Gasteiger partial charge in [-0.05, 0) is 40.8 Å². The number of carbonyl (C=O) groups excluding carboxylic acids is 2. The summed E-state index contributed by atoms with van der Waals surface area (Å²) >= 11 is 0. The molecule has 2 amide bonds. The third-order valence-electron chi connectivity index (χ3n) is 5.49. The summed E-state index contributed by atoms with van der Waals surface area (Å²) in [6.07, 6.45) is 0.109. The van der Waals surface area contributed by atoms with Gasteiger partial charge in [0.05, 0.1) is 6.42 Å². The van der Waals surface area contributed by atoms with E-state index in [1.54, 1.807) is 18.3 Å². The molecule has 1 aliphatic rings. The molecule has 8 nitrogen and oxygen atoms in total. The van der Waals surface area contributed by atoms with E-state index >= 15 is 0 Å². The standard InChI is InChI=1S/C25H23N3O5/c1-15-10-11-22(26-13-15)28-24(31)21(12-23(29)30)27-25(32)33-14-20-18-8-4-2-6-16(18)17-7-3-5-9-19(17)20/h2-11,13,20-21H,12,14H2,1H3,(H,27,32)(H,29,30)(H,26,28,31). The van der Waals surface area contributed by atoms with Crippen LogP contribution in [0.25, 0.3) is 11.1 Å². The minimum atomic E-state index is -1.32. The van der Waals surface area contributed by atoms with Gasteiger partial charge in [-0.25, -0.2) is 9.78 Å². The zero-order valence-corrected chi connectivity index (χ0v) is 17.9. The number of fused-ring (bicyclic) bond motifs is 3. The van der Waals surface area contributed by atoms with Crippen LogP contribution >= 0.6 is 0 Å². The predicted octanol–water partition coefficient (Wildman–Crippen LogP) is 3.71. The lowest BCUT2D eigenvalue weighted by molar-refractivity contribution is -0.139. The van der Waals surface area contributed by atoms with Crippen LogP contribution in [0.3, 0.4) is 0 Å². The number of alkyl carbamates (subject to hydrolysis) is 1. The fraction of sp³-hybridized carbons (Fsp3) is 0.200. The second-order valence-electron chi connectivity index (χ2n) is 7.83. The zero-order chi connectivity index (χ0) is 23.4. The molecule has 0 saturated carbocycles. The summed E-state index contributed by atoms with van der Waals surface area (Å²) in [7, 11) is 0. The normalized spacial score (nSPS) is 12.9. The van der Waals surface area contributed by atoms with Crippen molar-refractivity contribution in [2.75, 3.05) is 11.9 Å². The highest BCUT2D eigenvalue weighted by molar-refractivity contribution is 5.97. The average Bonchev–Trinajstić information content (AvgIpc) is 3.12. The molecule has 168 valence electrons. The van der Waals surface area contributed by atoms with Crippen molar-refractivity contribution in [2.24, 2.45) is 0 Å². The zero-order valence-electron chi connectivity index (χ0n) is 17.9. The van der Waals surface area contributed by atoms with Gasteiger partial charge in [0.2, 0.25) is 5.91 Å². The minimum Gasteiger partial charge on any atom is -0.481 e. The molecule has 0 saturated heterocycles. The monoisotopic (exact) mass is 445 g/mol. The van der Waals surface area contributed by atoms with Crippen molar-refractivity contribution in [1.29, 1.82) is 0 Å². The summed E-state index contributed by atoms with van der Waals surface area (Å²) in [5.74, 6) is -1.81. The number of nitrogens with zero attached hydrogens (tertiary/aromatic N) is 1. The second-order valence-corrected chi connectivity index (χ2v) is 7.83. The molecular weight excluding hydrogens is 422 g/mol. The molecule has 1 heterocycles. The van der Waals surface area contributed by atoms with Gasteiger partial charge in [-0.15, -0.1) is 0 Å². The molecule has 1 aliphatic carbocycles. The van der Waals surface area contributed by atoms with E-state index in [9.17, 15) is 19.5 Å². The first kappa shape index (κ1) is 22.0. The minimum absolute atomic E-state index is 0.0563. The summed E-state index contributed by atoms with van der Waals surface area (Å²) in [5.41, 5.74) is 5.20. The van der Waals surface area contributed by atoms with Crippen LogP contribution in [0.5, 0.6) is 0 Å². The molecule has 0 spiro atoms. The van der Waals surface area contributed by atoms with Gasteiger partial charge in [0.1, 0.15) is 18.5 Å². The van der Waals surface area contributed by atoms with Gasteiger partial charge in [-0.3, -0.25) is 9.59 Å². The van der Waals surface area contributed by atoms with E-state index in [0.717, 1.165) is 27.8 Å². The molecule has 1 atom stereocenters. The Balaban J connectivity index is 1.42. The van der Waals surface area contributed by atoms with Crippen LogP contribution in [-0.4, -0.2) is 40.7 Å². The van der Waals surface area contributed by atoms with E-state index in [4.69, 9.17) is 4.74 Å². The van der Waals surface area contributed by atoms with Crippen molar-refractivity contribution in [3.8, 4) is 11.1 Å². The maximum absolute atomic E-state index is 12.6. The van der Waals surface area contributed by atoms with Crippen LogP contribution < -0.4 is 10.6 Å². The van der Waals surface area contributed by atoms with Crippen molar-refractivity contribution >= 4 is 23.8 Å². The van der Waals surface area contributed by atoms with Crippen molar-refractivity contribution in [3.05, 3.63) is 83.6 Å². The van der Waals surface area contributed by atoms with E-state index in [-0.39, 0.29) is 18.3 Å². The summed E-state index contributed by atoms with van der Waals surface area (Å²) in [6.45, 7) is 1.91. The first-order valence-corrected chi connectivity index (χ1v) is 10.5. The van der Waals surface area contributed by atoms with E-state index in [2.05, 4.69) is 15.6 Å². The number of carboxylic acid groups (broad SMARTS) is 1. The van der Waals surface area contributed by atoms with E-state index in [1.165, 1.54) is 0 Å². The number of pyridine rings is 1. The summed E-state index contributed by atoms with van der Waals surface area (Å²) in [5, 5.41) is 14.1. The maximum Gasteiger partial charge on any atom is 0.407 e. The predicted molar refractivity (Wildman–Crippen MR) is 122 cm³/mol. The molecule has 0 bridgehead atoms. The molecule has 0 aliphatic heterocycles. The number of carboxylic acids is 1. The number of benzene rings is 2. The number of anilines is 1. The highest BCUT2D eigenvalue weighted by atomic mass is 16.5. The number of nitrogens with one attached hydrogen (secondary N) is 2. The molecule has 8 heteroatoms. The van der Waals surface area contributed by atoms with Gasteiger partial charge in [0.25, 0.3) is 0 Å². The first-order chi connectivity index (χ1) is 15.9. The second kappa shape index (κ2) is 9.52. The number of ether oxygens (including phenoxy) is 1. The molecule has 1 unspecified atom stereocenters. The largest absolute Gasteiger partial charge is 0.481 e. The van der Waals surface area contributed by atoms with Crippen LogP contribution in [0, 0.1) is 6.92 Å². The van der Waals surface area contributed by atoms with E-state index < -0.39 is 30.4 Å². The topological polar surface area (TPSA) is 118 Å². The Labute approximate surface area is 190 Å². The third kappa shape index (κ3) is 5.01. The van der Waals surface area contributed by atoms with Gasteiger partial charge in [-0.2, -0.15) is 0 Å². The first-order valence-electron chi connectivity index (χ1n) is 10.5. The van der Waals surface area contributed by atoms with Gasteiger partial charge in [0.15, 0.2) is 0 Å². The molecular formula is C25H23N3O5. The molecule has 3 N–H and O–H groups in total. The number of aryl methyl sites for hydroxylation is 1. The molecule has 4 rings (SSSR count). The Kier molecular flexibility index (Phi) is 6.35. The molecule has 33 heavy (non-hydrogen) atoms. The third-order valence-corrected chi connectivity index (χ3v) is 5.49. The van der Waals surface area contributed by atoms with Crippen LogP contribution in [0.1, 0.15) is 29.0 Å². The van der Waals surface area contributed by atoms with Gasteiger partial charge in [0, 0.05) is 12.1 Å². The Morgan fingerprint density at radius 2 is 1.64 bits per heavy atom. The smallest absolute Gasteiger partial charge is 0.407 e. The number of aliphatic carboxylic acids is 1. The molecule has 3 aromatic rings. The lowest BCUT2D eigenvalue weighted by Crippen LogP contribution is -2.45. The number of hydrogen-bond acceptors (Lipinski definition) is 5. The fourth-order valence-corrected chi connectivity index (χ4v) is 3.92. The Morgan fingerprint density at radius 3 is 2.21 bits per heavy atom. The van der Waals surface area contributed by atoms with Crippen LogP contribution in [0.4, 0.5) is 10.6 Å². The SMILES string of the molecule is Cc1ccc(NC(=O)C(CC(=O)O)NC(=O)OCC2c3ccccc3-c3ccccc32)nc1. The van der Waals surface area contributed by atoms with Crippen molar-refractivity contribution < 1.29 is 24.2 Å². The van der Waals surface area contributed by atoms with Gasteiger partial charge >= 0.3 is 12.1 Å². The molecule has 1 aromatic heterocycles. The van der Waals surface area contributed by atoms with Crippen molar-refractivity contribution in [1.82, 2.24) is 10.3 Å². The summed E-state index contributed by atoms with van der Waals surface area (Å²) < 4.78 is 5.43. The average molecular weight is 445 g/mol. The lowest BCUT2D eigenvalue weighted by atomic mass is 9.98. The van der Waals surface area contributed by atoms with Crippen LogP contribution in [-0.2, 0) is 14.3 Å². The Bertz CT molecular complexity index is 1150. The number of aromatic nitrogens is 1. The van der Waals surface area contributed by atoms with Gasteiger partial charge < -0.3 is 20.5 Å². The number of rotatable bonds is 7. The quantitative estimate of drug-likeness (QED) is 0.510. The Hall–Kier alpha value is -4.20. The number of carbonyl (C=O) groups is 3.